The number of para-hydroxylation sites is 1. The fraction of sp³-hybridized carbons (Fsp3) is 0.494. The molecule has 3 saturated heterocycles. The lowest BCUT2D eigenvalue weighted by Gasteiger charge is -2.30. The number of aliphatic carboxylic acids is 2. The van der Waals surface area contributed by atoms with E-state index in [1.54, 1.807) is 74.6 Å². The molecule has 0 saturated carbocycles. The molecule has 1 unspecified atom stereocenters. The minimum Gasteiger partial charge on any atom is -0.508 e. The van der Waals surface area contributed by atoms with Crippen LogP contribution in [0.15, 0.2) is 97.6 Å². The number of hydrogen-bond acceptors (Lipinski definition) is 22. The van der Waals surface area contributed by atoms with Crippen LogP contribution in [0.3, 0.4) is 0 Å². The Bertz CT molecular complexity index is 4350. The third-order valence-corrected chi connectivity index (χ3v) is 22.5. The third-order valence-electron chi connectivity index (χ3n) is 20.1. The number of aromatic nitrogens is 3. The number of likely N-dealkylation sites (tertiary alicyclic amines) is 1. The number of carboxylic acids is 2. The van der Waals surface area contributed by atoms with Crippen LogP contribution in [0.4, 0.5) is 0 Å². The van der Waals surface area contributed by atoms with E-state index in [1.807, 2.05) is 0 Å². The van der Waals surface area contributed by atoms with Gasteiger partial charge in [-0.05, 0) is 106 Å². The molecule has 5 aromatic rings. The topological polar surface area (TPSA) is 584 Å². The zero-order valence-electron chi connectivity index (χ0n) is 64.9. The molecule has 38 nitrogen and oxygen atoms in total. The molecule has 3 aliphatic heterocycles. The number of fused-ring (bicyclic) bond motifs is 1. The Morgan fingerprint density at radius 3 is 1.90 bits per heavy atom. The normalized spacial score (nSPS) is 21.5. The predicted octanol–water partition coefficient (Wildman–Crippen LogP) is -2.49. The quantitative estimate of drug-likeness (QED) is 0.0150. The van der Waals surface area contributed by atoms with Crippen LogP contribution < -0.4 is 74.9 Å². The van der Waals surface area contributed by atoms with Crippen LogP contribution in [0.25, 0.3) is 10.9 Å². The van der Waals surface area contributed by atoms with Crippen LogP contribution in [-0.4, -0.2) is 251 Å². The van der Waals surface area contributed by atoms with Crippen LogP contribution in [0, 0.1) is 5.92 Å². The fourth-order valence-electron chi connectivity index (χ4n) is 13.3. The zero-order chi connectivity index (χ0) is 85.0. The van der Waals surface area contributed by atoms with E-state index < -0.39 is 210 Å². The number of unbranched alkanes of at least 4 members (excludes halogenated alkanes) is 1. The first-order chi connectivity index (χ1) is 55.9. The fourth-order valence-corrected chi connectivity index (χ4v) is 15.7. The van der Waals surface area contributed by atoms with E-state index in [1.165, 1.54) is 43.7 Å². The molecule has 0 bridgehead atoms. The van der Waals surface area contributed by atoms with Crippen molar-refractivity contribution in [2.75, 3.05) is 31.1 Å². The number of aromatic amines is 2. The molecule has 5 heterocycles. The van der Waals surface area contributed by atoms with Gasteiger partial charge in [-0.1, -0.05) is 103 Å². The number of H-pyrrole nitrogens is 2. The number of nitrogens with one attached hydrogen (secondary N) is 15. The number of amides is 14. The molecule has 8 rings (SSSR count). The van der Waals surface area contributed by atoms with E-state index in [4.69, 9.17) is 5.73 Å². The first-order valence-corrected chi connectivity index (χ1v) is 41.0. The van der Waals surface area contributed by atoms with Crippen molar-refractivity contribution < 1.29 is 97.1 Å². The summed E-state index contributed by atoms with van der Waals surface area (Å²) in [4.78, 5) is 236. The molecule has 21 N–H and O–H groups in total. The Morgan fingerprint density at radius 1 is 0.632 bits per heavy atom. The molecule has 14 amide bonds. The SMILES string of the molecule is CC[C@H](C)[C@H](NC(=O)[C@@H]1CSSC[C@H](NC(=O)[C@H](CCC(=O)O)NC(=O)[C@@H]2CCCN2C(=O)[C@H](C)NC(=O)[C@@H](NC(=O)CNC(=O)[C@H](Cc2cnc[nH]2)NC(=O)C2CCC(=O)N2)[C@@H](C)O)C(=O)N[C@@H](Cc2ccccc2)C(=O)N[C@@H](Cc2c[nH]c3ccccc23)C(=O)N[C@@H](CCCCN)C(=O)N[C@@H](Cc2ccc(O)cc2)C(=O)N1)C(=O)O. The molecular weight excluding hydrogens is 1560 g/mol. The third kappa shape index (κ3) is 27.2. The van der Waals surface area contributed by atoms with Crippen molar-refractivity contribution in [3.8, 4) is 5.75 Å². The minimum absolute atomic E-state index is 0.0294. The Hall–Kier alpha value is -11.7. The molecule has 0 spiro atoms. The van der Waals surface area contributed by atoms with Crippen molar-refractivity contribution >= 4 is 127 Å². The van der Waals surface area contributed by atoms with Crippen LogP contribution in [0.5, 0.6) is 5.75 Å². The second kappa shape index (κ2) is 44.5. The van der Waals surface area contributed by atoms with Crippen molar-refractivity contribution in [2.45, 2.75) is 202 Å². The van der Waals surface area contributed by atoms with E-state index in [9.17, 15) is 78.0 Å². The van der Waals surface area contributed by atoms with Crippen LogP contribution in [-0.2, 0) is 102 Å². The average Bonchev–Trinajstić information content (AvgIpc) is 1.72. The monoisotopic (exact) mass is 1660 g/mol. The summed E-state index contributed by atoms with van der Waals surface area (Å²) < 4.78 is 0. The van der Waals surface area contributed by atoms with Crippen molar-refractivity contribution in [3.05, 3.63) is 120 Å². The minimum atomic E-state index is -1.80. The Balaban J connectivity index is 1.06. The van der Waals surface area contributed by atoms with Gasteiger partial charge < -0.3 is 110 Å². The van der Waals surface area contributed by atoms with E-state index in [-0.39, 0.29) is 95.4 Å². The molecule has 0 aliphatic carbocycles. The van der Waals surface area contributed by atoms with Crippen LogP contribution in [0.2, 0.25) is 0 Å². The highest BCUT2D eigenvalue weighted by Gasteiger charge is 2.42. The maximum Gasteiger partial charge on any atom is 0.326 e. The summed E-state index contributed by atoms with van der Waals surface area (Å²) in [5.41, 5.74) is 8.46. The zero-order valence-corrected chi connectivity index (χ0v) is 66.6. The molecule has 3 aromatic carbocycles. The summed E-state index contributed by atoms with van der Waals surface area (Å²) in [5, 5.41) is 75.6. The number of carbonyl (C=O) groups excluding carboxylic acids is 14. The molecule has 0 radical (unpaired) electrons. The number of aliphatic hydroxyl groups is 1. The lowest BCUT2D eigenvalue weighted by atomic mass is 9.99. The number of carboxylic acid groups (broad SMARTS) is 2. The van der Waals surface area contributed by atoms with Crippen LogP contribution in [0.1, 0.15) is 114 Å². The lowest BCUT2D eigenvalue weighted by Crippen LogP contribution is -2.61. The Morgan fingerprint density at radius 2 is 1.26 bits per heavy atom. The smallest absolute Gasteiger partial charge is 0.326 e. The standard InChI is InChI=1S/C77H102N18O20S2/c1-5-40(2)63(77(114)115)94-73(110)58-38-117-116-37-57(72(109)88-53(30-43-14-7-6-8-15-43)69(106)89-55(32-45-34-80-49-17-10-9-16-48(45)49)71(108)85-50(18-11-12-28-78)66(103)87-54(70(107)92-58)31-44-20-22-47(97)23-21-44)91-68(105)52(25-27-62(100)101)86-74(111)59-19-13-29-95(59)76(113)41(3)83-75(112)64(42(4)96)93-61(99)36-81-65(102)56(33-46-35-79-39-82-46)90-67(104)51-24-26-60(98)84-51/h6-10,14-17,20-23,34-35,39-42,50-59,63-64,80,96-97H,5,11-13,18-19,24-33,36-38,78H2,1-4H3,(H,79,82)(H,81,102)(H,83,112)(H,84,98)(H,85,108)(H,86,111)(H,87,103)(H,88,109)(H,89,106)(H,90,104)(H,91,105)(H,92,107)(H,93,99)(H,94,110)(H,100,101)(H,114,115)/t40-,41-,42+,50-,51?,52-,53-,54-,55-,56-,57-,58-,59-,63-,64-/m0/s1. The Labute approximate surface area is 680 Å². The molecule has 3 aliphatic rings. The van der Waals surface area contributed by atoms with Gasteiger partial charge >= 0.3 is 11.9 Å². The summed E-state index contributed by atoms with van der Waals surface area (Å²) >= 11 is 0. The Kier molecular flexibility index (Phi) is 34.5. The molecular formula is C77H102N18O20S2. The first-order valence-electron chi connectivity index (χ1n) is 38.5. The number of hydrogen-bond donors (Lipinski definition) is 20. The number of nitrogens with zero attached hydrogens (tertiary/aromatic N) is 2. The summed E-state index contributed by atoms with van der Waals surface area (Å²) in [6, 6.07) is 1.57. The molecule has 117 heavy (non-hydrogen) atoms. The lowest BCUT2D eigenvalue weighted by molar-refractivity contribution is -0.143. The molecule has 3 fully saturated rings. The number of aromatic hydroxyl groups is 1. The summed E-state index contributed by atoms with van der Waals surface area (Å²) in [5.74, 6) is -17.1. The summed E-state index contributed by atoms with van der Waals surface area (Å²) in [7, 11) is 1.69. The van der Waals surface area contributed by atoms with E-state index in [0.717, 1.165) is 33.4 Å². The van der Waals surface area contributed by atoms with E-state index in [2.05, 4.69) is 84.1 Å². The van der Waals surface area contributed by atoms with Gasteiger partial charge in [0.1, 0.15) is 84.3 Å². The molecule has 632 valence electrons. The molecule has 15 atom stereocenters. The number of nitrogens with two attached hydrogens (primary N) is 1. The number of carbonyl (C=O) groups is 16. The number of imidazole rings is 1. The highest BCUT2D eigenvalue weighted by atomic mass is 33.1. The number of phenolic OH excluding ortho intramolecular Hbond substituents is 1. The number of phenols is 1. The van der Waals surface area contributed by atoms with Crippen LogP contribution >= 0.6 is 21.6 Å². The van der Waals surface area contributed by atoms with Gasteiger partial charge in [0.2, 0.25) is 82.7 Å². The number of aliphatic hydroxyl groups excluding tert-OH is 1. The van der Waals surface area contributed by atoms with Gasteiger partial charge in [-0.25, -0.2) is 9.78 Å². The van der Waals surface area contributed by atoms with E-state index >= 15 is 19.2 Å². The highest BCUT2D eigenvalue weighted by Crippen LogP contribution is 2.26. The second-order valence-corrected chi connectivity index (χ2v) is 31.5. The number of rotatable bonds is 34. The number of benzene rings is 3. The van der Waals surface area contributed by atoms with Gasteiger partial charge in [-0.15, -0.1) is 0 Å². The maximum absolute atomic E-state index is 15.3. The van der Waals surface area contributed by atoms with Gasteiger partial charge in [0, 0.05) is 85.6 Å². The van der Waals surface area contributed by atoms with Crippen molar-refractivity contribution in [3.63, 3.8) is 0 Å². The first kappa shape index (κ1) is 90.9. The van der Waals surface area contributed by atoms with Crippen molar-refractivity contribution in [2.24, 2.45) is 11.7 Å². The second-order valence-electron chi connectivity index (χ2n) is 29.0. The maximum atomic E-state index is 15.3. The average molecular weight is 1660 g/mol. The van der Waals surface area contributed by atoms with Crippen molar-refractivity contribution in [1.82, 2.24) is 89.0 Å². The van der Waals surface area contributed by atoms with Gasteiger partial charge in [0.25, 0.3) is 0 Å². The van der Waals surface area contributed by atoms with Gasteiger partial charge in [0.15, 0.2) is 0 Å². The molecule has 2 aromatic heterocycles. The highest BCUT2D eigenvalue weighted by molar-refractivity contribution is 8.76. The predicted molar refractivity (Wildman–Crippen MR) is 426 cm³/mol. The molecule has 40 heteroatoms. The largest absolute Gasteiger partial charge is 0.508 e. The van der Waals surface area contributed by atoms with Gasteiger partial charge in [-0.2, -0.15) is 0 Å². The van der Waals surface area contributed by atoms with Crippen molar-refractivity contribution in [1.29, 1.82) is 0 Å². The summed E-state index contributed by atoms with van der Waals surface area (Å²) in [6.45, 7) is 5.03. The van der Waals surface area contributed by atoms with Gasteiger partial charge in [-0.3, -0.25) is 71.9 Å². The van der Waals surface area contributed by atoms with E-state index in [0.29, 0.717) is 39.7 Å². The summed E-state index contributed by atoms with van der Waals surface area (Å²) in [6.07, 6.45) is 1.86. The van der Waals surface area contributed by atoms with Gasteiger partial charge in [0.05, 0.1) is 19.0 Å².